The molecule has 2 aromatic rings. The van der Waals surface area contributed by atoms with Crippen molar-refractivity contribution in [3.05, 3.63) is 51.2 Å². The van der Waals surface area contributed by atoms with Crippen LogP contribution in [0.15, 0.2) is 29.6 Å². The van der Waals surface area contributed by atoms with Crippen LogP contribution in [0.25, 0.3) is 0 Å². The highest BCUT2D eigenvalue weighted by atomic mass is 32.1. The third-order valence-corrected chi connectivity index (χ3v) is 4.66. The van der Waals surface area contributed by atoms with E-state index in [4.69, 9.17) is 4.74 Å². The van der Waals surface area contributed by atoms with Crippen molar-refractivity contribution in [1.29, 1.82) is 0 Å². The van der Waals surface area contributed by atoms with Crippen molar-refractivity contribution >= 4 is 11.3 Å². The van der Waals surface area contributed by atoms with E-state index in [0.29, 0.717) is 6.04 Å². The standard InChI is InChI=1S/C17H23NOS/c1-5-18-15(17-13(3)8-9-20-17)11-14-10-12(2)6-7-16(14)19-4/h6-10,15,18H,5,11H2,1-4H3. The Hall–Kier alpha value is -1.32. The van der Waals surface area contributed by atoms with Crippen molar-refractivity contribution in [3.8, 4) is 5.75 Å². The van der Waals surface area contributed by atoms with Crippen molar-refractivity contribution in [1.82, 2.24) is 5.32 Å². The van der Waals surface area contributed by atoms with Gasteiger partial charge in [0.05, 0.1) is 7.11 Å². The number of ether oxygens (including phenoxy) is 1. The van der Waals surface area contributed by atoms with Gasteiger partial charge in [0.1, 0.15) is 5.75 Å². The van der Waals surface area contributed by atoms with Gasteiger partial charge >= 0.3 is 0 Å². The van der Waals surface area contributed by atoms with Gasteiger partial charge in [0.25, 0.3) is 0 Å². The minimum atomic E-state index is 0.357. The van der Waals surface area contributed by atoms with Crippen molar-refractivity contribution in [2.75, 3.05) is 13.7 Å². The second kappa shape index (κ2) is 6.91. The van der Waals surface area contributed by atoms with Gasteiger partial charge in [-0.1, -0.05) is 24.6 Å². The summed E-state index contributed by atoms with van der Waals surface area (Å²) in [7, 11) is 1.74. The summed E-state index contributed by atoms with van der Waals surface area (Å²) in [5, 5.41) is 5.77. The summed E-state index contributed by atoms with van der Waals surface area (Å²) >= 11 is 1.83. The quantitative estimate of drug-likeness (QED) is 0.857. The Morgan fingerprint density at radius 1 is 1.25 bits per heavy atom. The van der Waals surface area contributed by atoms with E-state index < -0.39 is 0 Å². The Morgan fingerprint density at radius 3 is 2.65 bits per heavy atom. The Morgan fingerprint density at radius 2 is 2.05 bits per heavy atom. The Kier molecular flexibility index (Phi) is 5.21. The summed E-state index contributed by atoms with van der Waals surface area (Å²) in [6.07, 6.45) is 0.958. The maximum Gasteiger partial charge on any atom is 0.122 e. The van der Waals surface area contributed by atoms with Gasteiger partial charge < -0.3 is 10.1 Å². The summed E-state index contributed by atoms with van der Waals surface area (Å²) in [6, 6.07) is 8.94. The second-order valence-electron chi connectivity index (χ2n) is 5.10. The van der Waals surface area contributed by atoms with E-state index >= 15 is 0 Å². The van der Waals surface area contributed by atoms with Gasteiger partial charge in [0.2, 0.25) is 0 Å². The molecule has 0 aliphatic rings. The van der Waals surface area contributed by atoms with Gasteiger partial charge in [-0.25, -0.2) is 0 Å². The molecular formula is C17H23NOS. The zero-order valence-electron chi connectivity index (χ0n) is 12.7. The molecule has 0 bridgehead atoms. The number of rotatable bonds is 6. The molecule has 1 atom stereocenters. The Bertz CT molecular complexity index is 562. The average Bonchev–Trinajstić information content (AvgIpc) is 2.85. The van der Waals surface area contributed by atoms with Crippen LogP contribution in [0.2, 0.25) is 0 Å². The summed E-state index contributed by atoms with van der Waals surface area (Å²) in [6.45, 7) is 7.44. The van der Waals surface area contributed by atoms with Gasteiger partial charge in [-0.3, -0.25) is 0 Å². The molecular weight excluding hydrogens is 266 g/mol. The van der Waals surface area contributed by atoms with Crippen LogP contribution in [-0.2, 0) is 6.42 Å². The summed E-state index contributed by atoms with van der Waals surface area (Å²) in [5.41, 5.74) is 3.91. The first-order valence-electron chi connectivity index (χ1n) is 7.06. The summed E-state index contributed by atoms with van der Waals surface area (Å²) < 4.78 is 5.50. The zero-order chi connectivity index (χ0) is 14.5. The predicted molar refractivity (Wildman–Crippen MR) is 86.9 cm³/mol. The lowest BCUT2D eigenvalue weighted by Crippen LogP contribution is -2.23. The number of benzene rings is 1. The van der Waals surface area contributed by atoms with Crippen LogP contribution in [-0.4, -0.2) is 13.7 Å². The molecule has 3 heteroatoms. The third kappa shape index (κ3) is 3.41. The number of nitrogens with one attached hydrogen (secondary N) is 1. The molecule has 20 heavy (non-hydrogen) atoms. The summed E-state index contributed by atoms with van der Waals surface area (Å²) in [4.78, 5) is 1.43. The van der Waals surface area contributed by atoms with Crippen molar-refractivity contribution in [2.45, 2.75) is 33.2 Å². The maximum absolute atomic E-state index is 5.50. The molecule has 1 aromatic heterocycles. The zero-order valence-corrected chi connectivity index (χ0v) is 13.5. The number of thiophene rings is 1. The highest BCUT2D eigenvalue weighted by molar-refractivity contribution is 7.10. The number of aryl methyl sites for hydroxylation is 2. The third-order valence-electron chi connectivity index (χ3n) is 3.53. The van der Waals surface area contributed by atoms with Crippen LogP contribution in [0.3, 0.4) is 0 Å². The van der Waals surface area contributed by atoms with Gasteiger partial charge in [0.15, 0.2) is 0 Å². The van der Waals surface area contributed by atoms with Gasteiger partial charge in [-0.05, 0) is 55.5 Å². The van der Waals surface area contributed by atoms with Gasteiger partial charge in [0, 0.05) is 10.9 Å². The smallest absolute Gasteiger partial charge is 0.122 e. The van der Waals surface area contributed by atoms with E-state index in [2.05, 4.69) is 55.7 Å². The van der Waals surface area contributed by atoms with E-state index in [-0.39, 0.29) is 0 Å². The molecule has 0 fully saturated rings. The van der Waals surface area contributed by atoms with Crippen LogP contribution in [0.5, 0.6) is 5.75 Å². The molecule has 0 spiro atoms. The van der Waals surface area contributed by atoms with Crippen LogP contribution in [0.4, 0.5) is 0 Å². The molecule has 2 nitrogen and oxygen atoms in total. The molecule has 0 amide bonds. The first-order valence-corrected chi connectivity index (χ1v) is 7.94. The molecule has 108 valence electrons. The van der Waals surface area contributed by atoms with Crippen molar-refractivity contribution in [2.24, 2.45) is 0 Å². The predicted octanol–water partition coefficient (Wildman–Crippen LogP) is 4.27. The Labute approximate surface area is 125 Å². The molecule has 0 radical (unpaired) electrons. The minimum absolute atomic E-state index is 0.357. The SMILES string of the molecule is CCNC(Cc1cc(C)ccc1OC)c1sccc1C. The first kappa shape index (κ1) is 15.1. The average molecular weight is 289 g/mol. The van der Waals surface area contributed by atoms with E-state index in [9.17, 15) is 0 Å². The largest absolute Gasteiger partial charge is 0.496 e. The van der Waals surface area contributed by atoms with Gasteiger partial charge in [-0.15, -0.1) is 11.3 Å². The molecule has 0 aliphatic carbocycles. The highest BCUT2D eigenvalue weighted by Crippen LogP contribution is 2.30. The lowest BCUT2D eigenvalue weighted by molar-refractivity contribution is 0.405. The monoisotopic (exact) mass is 289 g/mol. The second-order valence-corrected chi connectivity index (χ2v) is 6.05. The minimum Gasteiger partial charge on any atom is -0.496 e. The van der Waals surface area contributed by atoms with Crippen LogP contribution < -0.4 is 10.1 Å². The molecule has 0 saturated carbocycles. The van der Waals surface area contributed by atoms with Gasteiger partial charge in [-0.2, -0.15) is 0 Å². The topological polar surface area (TPSA) is 21.3 Å². The maximum atomic E-state index is 5.50. The number of hydrogen-bond donors (Lipinski definition) is 1. The lowest BCUT2D eigenvalue weighted by Gasteiger charge is -2.19. The number of methoxy groups -OCH3 is 1. The number of likely N-dealkylation sites (N-methyl/N-ethyl adjacent to an activating group) is 1. The van der Waals surface area contributed by atoms with E-state index in [1.54, 1.807) is 7.11 Å². The summed E-state index contributed by atoms with van der Waals surface area (Å²) in [5.74, 6) is 0.979. The van der Waals surface area contributed by atoms with E-state index in [1.807, 2.05) is 11.3 Å². The molecule has 1 aromatic carbocycles. The molecule has 2 rings (SSSR count). The fourth-order valence-corrected chi connectivity index (χ4v) is 3.54. The Balaban J connectivity index is 2.29. The molecule has 0 aliphatic heterocycles. The van der Waals surface area contributed by atoms with Crippen LogP contribution in [0.1, 0.15) is 34.5 Å². The fourth-order valence-electron chi connectivity index (χ4n) is 2.53. The molecule has 0 saturated heterocycles. The van der Waals surface area contributed by atoms with E-state index in [1.165, 1.54) is 21.6 Å². The van der Waals surface area contributed by atoms with E-state index in [0.717, 1.165) is 18.7 Å². The van der Waals surface area contributed by atoms with Crippen molar-refractivity contribution in [3.63, 3.8) is 0 Å². The fraction of sp³-hybridized carbons (Fsp3) is 0.412. The highest BCUT2D eigenvalue weighted by Gasteiger charge is 2.17. The molecule has 1 N–H and O–H groups in total. The normalized spacial score (nSPS) is 12.4. The van der Waals surface area contributed by atoms with Crippen LogP contribution in [0, 0.1) is 13.8 Å². The molecule has 1 unspecified atom stereocenters. The van der Waals surface area contributed by atoms with Crippen LogP contribution >= 0.6 is 11.3 Å². The first-order chi connectivity index (χ1) is 9.65. The lowest BCUT2D eigenvalue weighted by atomic mass is 10.00. The van der Waals surface area contributed by atoms with Crippen molar-refractivity contribution < 1.29 is 4.74 Å². The molecule has 1 heterocycles. The number of hydrogen-bond acceptors (Lipinski definition) is 3.